The summed E-state index contributed by atoms with van der Waals surface area (Å²) in [5.41, 5.74) is 8.99. The number of nitrogens with zero attached hydrogens (tertiary/aromatic N) is 3. The van der Waals surface area contributed by atoms with Gasteiger partial charge in [-0.25, -0.2) is 4.68 Å². The van der Waals surface area contributed by atoms with Gasteiger partial charge in [0.05, 0.1) is 0 Å². The first-order valence-electron chi connectivity index (χ1n) is 5.59. The summed E-state index contributed by atoms with van der Waals surface area (Å²) in [5.74, 6) is 6.65. The van der Waals surface area contributed by atoms with E-state index < -0.39 is 0 Å². The van der Waals surface area contributed by atoms with Gasteiger partial charge in [-0.05, 0) is 24.5 Å². The van der Waals surface area contributed by atoms with E-state index in [0.717, 1.165) is 30.6 Å². The summed E-state index contributed by atoms with van der Waals surface area (Å²) < 4.78 is 1.32. The first kappa shape index (κ1) is 9.95. The fourth-order valence-electron chi connectivity index (χ4n) is 2.21. The van der Waals surface area contributed by atoms with Crippen LogP contribution in [0.2, 0.25) is 0 Å². The lowest BCUT2D eigenvalue weighted by atomic mass is 9.97. The molecule has 1 aromatic carbocycles. The van der Waals surface area contributed by atoms with Crippen molar-refractivity contribution in [3.63, 3.8) is 0 Å². The van der Waals surface area contributed by atoms with Crippen LogP contribution in [0.3, 0.4) is 0 Å². The Balaban J connectivity index is 2.18. The van der Waals surface area contributed by atoms with Gasteiger partial charge in [-0.2, -0.15) is 0 Å². The fraction of sp³-hybridized carbons (Fsp3) is 0.273. The normalized spacial score (nSPS) is 14.1. The maximum absolute atomic E-state index is 5.81. The summed E-state index contributed by atoms with van der Waals surface area (Å²) in [4.78, 5) is 0. The Morgan fingerprint density at radius 1 is 1.29 bits per heavy atom. The highest BCUT2D eigenvalue weighted by molar-refractivity contribution is 5.71. The average Bonchev–Trinajstić information content (AvgIpc) is 2.69. The topological polar surface area (TPSA) is 94.8 Å². The van der Waals surface area contributed by atoms with Gasteiger partial charge in [-0.3, -0.25) is 0 Å². The molecule has 1 aliphatic heterocycles. The van der Waals surface area contributed by atoms with Crippen molar-refractivity contribution in [3.05, 3.63) is 23.8 Å². The van der Waals surface area contributed by atoms with Crippen molar-refractivity contribution >= 4 is 11.6 Å². The minimum Gasteiger partial charge on any atom is -0.385 e. The lowest BCUT2D eigenvalue weighted by Crippen LogP contribution is -2.16. The second-order valence-corrected chi connectivity index (χ2v) is 4.11. The molecule has 0 radical (unpaired) electrons. The molecule has 2 aromatic rings. The Morgan fingerprint density at radius 3 is 2.94 bits per heavy atom. The summed E-state index contributed by atoms with van der Waals surface area (Å²) in [6.45, 7) is 1.01. The number of hydrogen-bond acceptors (Lipinski definition) is 5. The molecule has 0 atom stereocenters. The SMILES string of the molecule is Nc1nnc(-c2cccc3c2CCCN3)n1N. The molecule has 5 N–H and O–H groups in total. The van der Waals surface area contributed by atoms with Crippen LogP contribution in [0.1, 0.15) is 12.0 Å². The van der Waals surface area contributed by atoms with Gasteiger partial charge in [-0.15, -0.1) is 10.2 Å². The molecule has 1 aliphatic rings. The number of fused-ring (bicyclic) bond motifs is 1. The second kappa shape index (κ2) is 3.65. The van der Waals surface area contributed by atoms with E-state index >= 15 is 0 Å². The van der Waals surface area contributed by atoms with E-state index in [0.29, 0.717) is 5.82 Å². The van der Waals surface area contributed by atoms with Gasteiger partial charge < -0.3 is 16.9 Å². The van der Waals surface area contributed by atoms with E-state index in [-0.39, 0.29) is 5.95 Å². The zero-order valence-electron chi connectivity index (χ0n) is 9.35. The molecule has 0 unspecified atom stereocenters. The molecule has 17 heavy (non-hydrogen) atoms. The molecule has 0 amide bonds. The highest BCUT2D eigenvalue weighted by Gasteiger charge is 2.17. The van der Waals surface area contributed by atoms with Crippen LogP contribution in [0, 0.1) is 0 Å². The molecule has 0 fully saturated rings. The van der Waals surface area contributed by atoms with Gasteiger partial charge in [0.15, 0.2) is 5.82 Å². The average molecular weight is 230 g/mol. The van der Waals surface area contributed by atoms with Crippen molar-refractivity contribution in [2.75, 3.05) is 23.4 Å². The highest BCUT2D eigenvalue weighted by Crippen LogP contribution is 2.31. The molecule has 6 heteroatoms. The number of rotatable bonds is 1. The largest absolute Gasteiger partial charge is 0.385 e. The Bertz CT molecular complexity index is 559. The zero-order valence-corrected chi connectivity index (χ0v) is 9.35. The first-order valence-corrected chi connectivity index (χ1v) is 5.59. The van der Waals surface area contributed by atoms with Crippen molar-refractivity contribution in [3.8, 4) is 11.4 Å². The summed E-state index contributed by atoms with van der Waals surface area (Å²) >= 11 is 0. The van der Waals surface area contributed by atoms with Gasteiger partial charge in [0.25, 0.3) is 0 Å². The van der Waals surface area contributed by atoms with Crippen molar-refractivity contribution in [1.29, 1.82) is 0 Å². The Labute approximate surface area is 98.6 Å². The summed E-state index contributed by atoms with van der Waals surface area (Å²) in [6.07, 6.45) is 2.13. The van der Waals surface area contributed by atoms with Crippen molar-refractivity contribution in [2.45, 2.75) is 12.8 Å². The molecule has 0 saturated heterocycles. The molecular formula is C11H14N6. The minimum absolute atomic E-state index is 0.223. The number of nitrogen functional groups attached to an aromatic ring is 2. The number of nitrogens with two attached hydrogens (primary N) is 2. The van der Waals surface area contributed by atoms with E-state index in [9.17, 15) is 0 Å². The molecule has 0 saturated carbocycles. The predicted molar refractivity (Wildman–Crippen MR) is 66.8 cm³/mol. The second-order valence-electron chi connectivity index (χ2n) is 4.11. The maximum Gasteiger partial charge on any atom is 0.241 e. The lowest BCUT2D eigenvalue weighted by Gasteiger charge is -2.20. The number of anilines is 2. The molecule has 3 rings (SSSR count). The van der Waals surface area contributed by atoms with Gasteiger partial charge in [0, 0.05) is 17.8 Å². The quantitative estimate of drug-likeness (QED) is 0.623. The Hall–Kier alpha value is -2.24. The van der Waals surface area contributed by atoms with E-state index in [1.807, 2.05) is 12.1 Å². The number of benzene rings is 1. The zero-order chi connectivity index (χ0) is 11.8. The maximum atomic E-state index is 5.81. The monoisotopic (exact) mass is 230 g/mol. The van der Waals surface area contributed by atoms with Crippen LogP contribution in [-0.2, 0) is 6.42 Å². The summed E-state index contributed by atoms with van der Waals surface area (Å²) in [6, 6.07) is 6.05. The number of nitrogens with one attached hydrogen (secondary N) is 1. The van der Waals surface area contributed by atoms with E-state index in [4.69, 9.17) is 11.6 Å². The van der Waals surface area contributed by atoms with Gasteiger partial charge in [0.1, 0.15) is 0 Å². The minimum atomic E-state index is 0.223. The fourth-order valence-corrected chi connectivity index (χ4v) is 2.21. The number of hydrogen-bond donors (Lipinski definition) is 3. The molecule has 88 valence electrons. The molecular weight excluding hydrogens is 216 g/mol. The smallest absolute Gasteiger partial charge is 0.241 e. The van der Waals surface area contributed by atoms with Crippen molar-refractivity contribution in [1.82, 2.24) is 14.9 Å². The first-order chi connectivity index (χ1) is 8.27. The molecule has 1 aromatic heterocycles. The van der Waals surface area contributed by atoms with Crippen molar-refractivity contribution in [2.24, 2.45) is 0 Å². The third-order valence-electron chi connectivity index (χ3n) is 3.06. The molecule has 6 nitrogen and oxygen atoms in total. The van der Waals surface area contributed by atoms with Crippen LogP contribution in [0.25, 0.3) is 11.4 Å². The van der Waals surface area contributed by atoms with E-state index in [1.54, 1.807) is 0 Å². The van der Waals surface area contributed by atoms with Crippen molar-refractivity contribution < 1.29 is 0 Å². The van der Waals surface area contributed by atoms with Crippen LogP contribution in [0.4, 0.5) is 11.6 Å². The third-order valence-corrected chi connectivity index (χ3v) is 3.06. The van der Waals surface area contributed by atoms with E-state index in [2.05, 4.69) is 21.6 Å². The Morgan fingerprint density at radius 2 is 2.18 bits per heavy atom. The van der Waals surface area contributed by atoms with E-state index in [1.165, 1.54) is 10.2 Å². The van der Waals surface area contributed by atoms with Crippen LogP contribution in [0.5, 0.6) is 0 Å². The van der Waals surface area contributed by atoms with Gasteiger partial charge in [-0.1, -0.05) is 12.1 Å². The van der Waals surface area contributed by atoms with Gasteiger partial charge in [0.2, 0.25) is 5.95 Å². The molecule has 2 heterocycles. The lowest BCUT2D eigenvalue weighted by molar-refractivity contribution is 0.829. The highest BCUT2D eigenvalue weighted by atomic mass is 15.4. The van der Waals surface area contributed by atoms with Crippen LogP contribution >= 0.6 is 0 Å². The van der Waals surface area contributed by atoms with Crippen LogP contribution in [0.15, 0.2) is 18.2 Å². The summed E-state index contributed by atoms with van der Waals surface area (Å²) in [7, 11) is 0. The molecule has 0 bridgehead atoms. The summed E-state index contributed by atoms with van der Waals surface area (Å²) in [5, 5.41) is 11.2. The van der Waals surface area contributed by atoms with Gasteiger partial charge >= 0.3 is 0 Å². The standard InChI is InChI=1S/C11H14N6/c12-11-16-15-10(17(11)13)8-3-1-5-9-7(8)4-2-6-14-9/h1,3,5,14H,2,4,6,13H2,(H2,12,16). The predicted octanol–water partition coefficient (Wildman–Crippen LogP) is 0.599. The molecule has 0 aliphatic carbocycles. The molecule has 0 spiro atoms. The Kier molecular flexibility index (Phi) is 2.14. The number of aromatic nitrogens is 3. The van der Waals surface area contributed by atoms with Crippen LogP contribution in [-0.4, -0.2) is 21.4 Å². The third kappa shape index (κ3) is 1.49. The van der Waals surface area contributed by atoms with Crippen LogP contribution < -0.4 is 16.9 Å².